The van der Waals surface area contributed by atoms with Crippen LogP contribution in [-0.4, -0.2) is 46.1 Å². The van der Waals surface area contributed by atoms with Crippen LogP contribution in [0.1, 0.15) is 5.69 Å². The fourth-order valence-electron chi connectivity index (χ4n) is 4.36. The number of thiophene rings is 1. The summed E-state index contributed by atoms with van der Waals surface area (Å²) in [5.41, 5.74) is 3.68. The zero-order chi connectivity index (χ0) is 22.9. The topological polar surface area (TPSA) is 73.1 Å². The Morgan fingerprint density at radius 1 is 1.00 bits per heavy atom. The second kappa shape index (κ2) is 8.96. The van der Waals surface area contributed by atoms with E-state index in [2.05, 4.69) is 21.0 Å². The van der Waals surface area contributed by atoms with Crippen LogP contribution in [0.15, 0.2) is 71.1 Å². The molecule has 0 atom stereocenters. The molecule has 1 aliphatic rings. The molecule has 0 bridgehead atoms. The molecule has 1 saturated heterocycles. The van der Waals surface area contributed by atoms with E-state index in [0.29, 0.717) is 18.4 Å². The Labute approximate surface area is 200 Å². The molecule has 5 heterocycles. The van der Waals surface area contributed by atoms with Crippen LogP contribution in [0.2, 0.25) is 0 Å². The minimum atomic E-state index is -0.0770. The fourth-order valence-corrected chi connectivity index (χ4v) is 5.28. The van der Waals surface area contributed by atoms with Crippen LogP contribution in [0.5, 0.6) is 0 Å². The monoisotopic (exact) mass is 469 g/mol. The average Bonchev–Trinajstić information content (AvgIpc) is 3.34. The van der Waals surface area contributed by atoms with E-state index in [4.69, 9.17) is 9.72 Å². The highest BCUT2D eigenvalue weighted by Gasteiger charge is 2.16. The normalized spacial score (nSPS) is 14.2. The number of hydrogen-bond donors (Lipinski definition) is 0. The molecular weight excluding hydrogens is 446 g/mol. The Morgan fingerprint density at radius 2 is 1.88 bits per heavy atom. The molecule has 0 N–H and O–H groups in total. The van der Waals surface area contributed by atoms with E-state index in [1.165, 1.54) is 11.3 Å². The van der Waals surface area contributed by atoms with E-state index in [1.54, 1.807) is 10.9 Å². The number of morpholine rings is 1. The van der Waals surface area contributed by atoms with E-state index in [9.17, 15) is 4.79 Å². The number of anilines is 1. The summed E-state index contributed by atoms with van der Waals surface area (Å²) in [6.45, 7) is 3.61. The van der Waals surface area contributed by atoms with Crippen LogP contribution in [-0.2, 0) is 17.7 Å². The smallest absolute Gasteiger partial charge is 0.276 e. The second-order valence-corrected chi connectivity index (χ2v) is 9.22. The van der Waals surface area contributed by atoms with Gasteiger partial charge < -0.3 is 9.64 Å². The molecule has 5 aromatic rings. The lowest BCUT2D eigenvalue weighted by molar-refractivity contribution is 0.122. The number of nitrogens with zero attached hydrogens (tertiary/aromatic N) is 5. The first-order valence-electron chi connectivity index (χ1n) is 11.4. The summed E-state index contributed by atoms with van der Waals surface area (Å²) in [5, 5.41) is 8.25. The zero-order valence-corrected chi connectivity index (χ0v) is 19.4. The highest BCUT2D eigenvalue weighted by Crippen LogP contribution is 2.31. The Morgan fingerprint density at radius 3 is 2.74 bits per heavy atom. The maximum absolute atomic E-state index is 13.4. The van der Waals surface area contributed by atoms with Gasteiger partial charge in [-0.15, -0.1) is 11.3 Å². The molecule has 1 aliphatic heterocycles. The summed E-state index contributed by atoms with van der Waals surface area (Å²) in [7, 11) is 0. The van der Waals surface area contributed by atoms with Gasteiger partial charge in [0.25, 0.3) is 5.56 Å². The molecule has 1 fully saturated rings. The number of benzene rings is 1. The number of para-hydroxylation sites is 1. The number of aryl methyl sites for hydroxylation is 2. The van der Waals surface area contributed by atoms with Gasteiger partial charge in [0.1, 0.15) is 5.82 Å². The zero-order valence-electron chi connectivity index (χ0n) is 18.6. The summed E-state index contributed by atoms with van der Waals surface area (Å²) in [5.74, 6) is 0.938. The van der Waals surface area contributed by atoms with Crippen LogP contribution >= 0.6 is 11.3 Å². The van der Waals surface area contributed by atoms with Crippen molar-refractivity contribution >= 4 is 38.1 Å². The largest absolute Gasteiger partial charge is 0.378 e. The van der Waals surface area contributed by atoms with E-state index in [1.807, 2.05) is 54.0 Å². The van der Waals surface area contributed by atoms with Gasteiger partial charge in [0, 0.05) is 53.3 Å². The van der Waals surface area contributed by atoms with Gasteiger partial charge in [-0.2, -0.15) is 5.10 Å². The summed E-state index contributed by atoms with van der Waals surface area (Å²) >= 11 is 1.54. The molecule has 0 unspecified atom stereocenters. The minimum absolute atomic E-state index is 0.0770. The molecule has 0 spiro atoms. The van der Waals surface area contributed by atoms with Crippen molar-refractivity contribution in [2.24, 2.45) is 0 Å². The van der Waals surface area contributed by atoms with Crippen molar-refractivity contribution in [1.29, 1.82) is 0 Å². The molecule has 0 radical (unpaired) electrons. The summed E-state index contributed by atoms with van der Waals surface area (Å²) in [6, 6.07) is 16.2. The lowest BCUT2D eigenvalue weighted by atomic mass is 10.1. The molecule has 1 aromatic carbocycles. The Bertz CT molecular complexity index is 1520. The standard InChI is InChI=1S/C26H23N5O2S/c32-26-25-21(19-6-8-24(27-15-19)30-11-13-33-14-12-30)17-34-23(25)16-28-31(26)10-9-20-7-5-18-3-1-2-4-22(18)29-20/h1-8,15-17H,9-14H2. The van der Waals surface area contributed by atoms with Gasteiger partial charge in [-0.3, -0.25) is 9.78 Å². The predicted molar refractivity (Wildman–Crippen MR) is 136 cm³/mol. The van der Waals surface area contributed by atoms with Crippen molar-refractivity contribution in [2.75, 3.05) is 31.2 Å². The molecule has 7 nitrogen and oxygen atoms in total. The van der Waals surface area contributed by atoms with Gasteiger partial charge in [-0.1, -0.05) is 24.3 Å². The third-order valence-corrected chi connectivity index (χ3v) is 7.13. The number of pyridine rings is 2. The summed E-state index contributed by atoms with van der Waals surface area (Å²) < 4.78 is 7.86. The van der Waals surface area contributed by atoms with Gasteiger partial charge in [-0.05, 0) is 24.3 Å². The van der Waals surface area contributed by atoms with E-state index in [-0.39, 0.29) is 5.56 Å². The van der Waals surface area contributed by atoms with Crippen molar-refractivity contribution in [1.82, 2.24) is 19.7 Å². The molecule has 0 amide bonds. The van der Waals surface area contributed by atoms with Gasteiger partial charge in [0.2, 0.25) is 0 Å². The summed E-state index contributed by atoms with van der Waals surface area (Å²) in [6.07, 6.45) is 4.28. The number of rotatable bonds is 5. The molecule has 0 saturated carbocycles. The van der Waals surface area contributed by atoms with Gasteiger partial charge >= 0.3 is 0 Å². The predicted octanol–water partition coefficient (Wildman–Crippen LogP) is 4.15. The van der Waals surface area contributed by atoms with Crippen LogP contribution < -0.4 is 10.5 Å². The van der Waals surface area contributed by atoms with Crippen molar-refractivity contribution < 1.29 is 4.74 Å². The minimum Gasteiger partial charge on any atom is -0.378 e. The first-order chi connectivity index (χ1) is 16.8. The number of fused-ring (bicyclic) bond motifs is 2. The molecule has 4 aromatic heterocycles. The number of aromatic nitrogens is 4. The molecule has 170 valence electrons. The maximum atomic E-state index is 13.4. The van der Waals surface area contributed by atoms with Crippen LogP contribution in [0.25, 0.3) is 32.1 Å². The van der Waals surface area contributed by atoms with Crippen LogP contribution in [0.4, 0.5) is 5.82 Å². The number of ether oxygens (including phenoxy) is 1. The van der Waals surface area contributed by atoms with Crippen molar-refractivity contribution in [3.05, 3.63) is 82.4 Å². The van der Waals surface area contributed by atoms with Gasteiger partial charge in [-0.25, -0.2) is 9.67 Å². The highest BCUT2D eigenvalue weighted by molar-refractivity contribution is 7.17. The van der Waals surface area contributed by atoms with Crippen molar-refractivity contribution in [2.45, 2.75) is 13.0 Å². The van der Waals surface area contributed by atoms with Crippen LogP contribution in [0.3, 0.4) is 0 Å². The lowest BCUT2D eigenvalue weighted by Crippen LogP contribution is -2.36. The molecule has 0 aliphatic carbocycles. The first kappa shape index (κ1) is 20.9. The lowest BCUT2D eigenvalue weighted by Gasteiger charge is -2.27. The molecule has 34 heavy (non-hydrogen) atoms. The van der Waals surface area contributed by atoms with Gasteiger partial charge in [0.15, 0.2) is 0 Å². The first-order valence-corrected chi connectivity index (χ1v) is 12.3. The Kier molecular flexibility index (Phi) is 5.52. The average molecular weight is 470 g/mol. The highest BCUT2D eigenvalue weighted by atomic mass is 32.1. The summed E-state index contributed by atoms with van der Waals surface area (Å²) in [4.78, 5) is 25.0. The maximum Gasteiger partial charge on any atom is 0.276 e. The SMILES string of the molecule is O=c1c2c(-c3ccc(N4CCOCC4)nc3)csc2cnn1CCc1ccc2ccccc2n1. The number of hydrogen-bond acceptors (Lipinski definition) is 7. The van der Waals surface area contributed by atoms with E-state index < -0.39 is 0 Å². The Balaban J connectivity index is 1.27. The molecule has 8 heteroatoms. The van der Waals surface area contributed by atoms with Crippen LogP contribution in [0, 0.1) is 0 Å². The quantitative estimate of drug-likeness (QED) is 0.385. The fraction of sp³-hybridized carbons (Fsp3) is 0.231. The molecule has 6 rings (SSSR count). The van der Waals surface area contributed by atoms with Gasteiger partial charge in [0.05, 0.1) is 41.6 Å². The third-order valence-electron chi connectivity index (χ3n) is 6.21. The van der Waals surface area contributed by atoms with Crippen molar-refractivity contribution in [3.8, 4) is 11.1 Å². The second-order valence-electron chi connectivity index (χ2n) is 8.31. The Hall–Kier alpha value is -3.62. The molecular formula is C26H23N5O2S. The third kappa shape index (κ3) is 3.95. The van der Waals surface area contributed by atoms with Crippen molar-refractivity contribution in [3.63, 3.8) is 0 Å². The van der Waals surface area contributed by atoms with E-state index in [0.717, 1.165) is 64.5 Å². The van der Waals surface area contributed by atoms with E-state index >= 15 is 0 Å².